The Morgan fingerprint density at radius 1 is 1.00 bits per heavy atom. The molecule has 1 aromatic rings. The summed E-state index contributed by atoms with van der Waals surface area (Å²) in [6.07, 6.45) is 8.79. The predicted molar refractivity (Wildman–Crippen MR) is 105 cm³/mol. The molecule has 1 amide bonds. The van der Waals surface area contributed by atoms with Gasteiger partial charge in [0.2, 0.25) is 0 Å². The maximum absolute atomic E-state index is 13.6. The number of quaternary nitrogens is 1. The van der Waals surface area contributed by atoms with Crippen LogP contribution in [0.15, 0.2) is 18.2 Å². The van der Waals surface area contributed by atoms with Gasteiger partial charge in [0.15, 0.2) is 6.04 Å². The Morgan fingerprint density at radius 3 is 2.15 bits per heavy atom. The minimum Gasteiger partial charge on any atom is -0.314 e. The van der Waals surface area contributed by atoms with Crippen LogP contribution in [0.2, 0.25) is 0 Å². The van der Waals surface area contributed by atoms with Crippen LogP contribution < -0.4 is 4.90 Å². The number of carbonyl (C=O) groups excluding carboxylic acids is 1. The van der Waals surface area contributed by atoms with Crippen molar-refractivity contribution in [2.24, 2.45) is 0 Å². The van der Waals surface area contributed by atoms with E-state index in [2.05, 4.69) is 43.9 Å². The molecule has 2 heterocycles. The summed E-state index contributed by atoms with van der Waals surface area (Å²) < 4.78 is 1.03. The van der Waals surface area contributed by atoms with E-state index in [9.17, 15) is 4.79 Å². The SMILES string of the molecule is CC[N+]1(C2CCCN(c3c(C)cccc3C)C2=O)CCCCCCC1.[Y]. The maximum Gasteiger partial charge on any atom is 0.285 e. The maximum atomic E-state index is 13.6. The van der Waals surface area contributed by atoms with Gasteiger partial charge in [-0.3, -0.25) is 4.79 Å². The van der Waals surface area contributed by atoms with Crippen LogP contribution in [0.4, 0.5) is 5.69 Å². The fraction of sp³-hybridized carbons (Fsp3) is 0.682. The van der Waals surface area contributed by atoms with Crippen LogP contribution in [0.25, 0.3) is 0 Å². The number of rotatable bonds is 3. The van der Waals surface area contributed by atoms with Gasteiger partial charge in [0.1, 0.15) is 0 Å². The molecule has 0 aliphatic carbocycles. The summed E-state index contributed by atoms with van der Waals surface area (Å²) >= 11 is 0. The van der Waals surface area contributed by atoms with E-state index in [0.29, 0.717) is 5.91 Å². The van der Waals surface area contributed by atoms with E-state index in [4.69, 9.17) is 0 Å². The zero-order valence-corrected chi connectivity index (χ0v) is 19.8. The molecular weight excluding hydrogens is 397 g/mol. The molecule has 0 N–H and O–H groups in total. The fourth-order valence-corrected chi connectivity index (χ4v) is 5.16. The molecule has 141 valence electrons. The van der Waals surface area contributed by atoms with E-state index in [1.807, 2.05) is 0 Å². The third-order valence-electron chi connectivity index (χ3n) is 6.62. The van der Waals surface area contributed by atoms with Gasteiger partial charge >= 0.3 is 0 Å². The largest absolute Gasteiger partial charge is 0.314 e. The van der Waals surface area contributed by atoms with Crippen molar-refractivity contribution in [3.63, 3.8) is 0 Å². The Labute approximate surface area is 185 Å². The molecule has 2 aliphatic rings. The average molecular weight is 432 g/mol. The van der Waals surface area contributed by atoms with E-state index in [1.54, 1.807) is 0 Å². The monoisotopic (exact) mass is 432 g/mol. The Bertz CT molecular complexity index is 588. The number of hydrogen-bond acceptors (Lipinski definition) is 1. The number of benzene rings is 1. The Hall–Kier alpha value is -0.246. The normalized spacial score (nSPS) is 23.7. The van der Waals surface area contributed by atoms with Crippen molar-refractivity contribution in [1.82, 2.24) is 0 Å². The van der Waals surface area contributed by atoms with Crippen LogP contribution in [0.5, 0.6) is 0 Å². The van der Waals surface area contributed by atoms with Crippen molar-refractivity contribution < 1.29 is 42.0 Å². The summed E-state index contributed by atoms with van der Waals surface area (Å²) in [5.41, 5.74) is 3.62. The second-order valence-corrected chi connectivity index (χ2v) is 8.14. The Balaban J connectivity index is 0.00000243. The molecule has 2 fully saturated rings. The molecule has 3 rings (SSSR count). The summed E-state index contributed by atoms with van der Waals surface area (Å²) in [7, 11) is 0. The molecule has 3 nitrogen and oxygen atoms in total. The van der Waals surface area contributed by atoms with E-state index >= 15 is 0 Å². The van der Waals surface area contributed by atoms with Crippen molar-refractivity contribution in [3.8, 4) is 0 Å². The van der Waals surface area contributed by atoms with Crippen molar-refractivity contribution in [3.05, 3.63) is 29.3 Å². The number of likely N-dealkylation sites (N-methyl/N-ethyl adjacent to an activating group) is 1. The molecule has 2 aliphatic heterocycles. The first kappa shape index (κ1) is 22.0. The molecule has 0 bridgehead atoms. The number of para-hydroxylation sites is 1. The molecule has 1 unspecified atom stereocenters. The summed E-state index contributed by atoms with van der Waals surface area (Å²) in [5, 5.41) is 0. The number of aryl methyl sites for hydroxylation is 2. The van der Waals surface area contributed by atoms with Gasteiger partial charge in [0.05, 0.1) is 19.6 Å². The standard InChI is InChI=1S/C22H35N2O.Y/c1-4-24(16-8-6-5-7-9-17-24)20-14-11-15-23(22(20)25)21-18(2)12-10-13-19(21)3;/h10,12-13,20H,4-9,11,14-17H2,1-3H3;/q+1;. The van der Waals surface area contributed by atoms with Crippen LogP contribution in [-0.2, 0) is 37.5 Å². The fourth-order valence-electron chi connectivity index (χ4n) is 5.16. The predicted octanol–water partition coefficient (Wildman–Crippen LogP) is 4.60. The summed E-state index contributed by atoms with van der Waals surface area (Å²) in [6.45, 7) is 10.9. The second kappa shape index (κ2) is 9.80. The molecule has 26 heavy (non-hydrogen) atoms. The topological polar surface area (TPSA) is 20.3 Å². The van der Waals surface area contributed by atoms with Gasteiger partial charge in [-0.15, -0.1) is 0 Å². The number of likely N-dealkylation sites (tertiary alicyclic amines) is 1. The van der Waals surface area contributed by atoms with Gasteiger partial charge in [-0.25, -0.2) is 0 Å². The van der Waals surface area contributed by atoms with Crippen LogP contribution in [0.3, 0.4) is 0 Å². The quantitative estimate of drug-likeness (QED) is 0.640. The molecule has 2 saturated heterocycles. The molecule has 1 radical (unpaired) electrons. The van der Waals surface area contributed by atoms with Crippen LogP contribution in [0, 0.1) is 13.8 Å². The first-order valence-corrected chi connectivity index (χ1v) is 10.3. The van der Waals surface area contributed by atoms with E-state index in [-0.39, 0.29) is 38.8 Å². The molecule has 1 aromatic carbocycles. The number of nitrogens with zero attached hydrogens (tertiary/aromatic N) is 2. The van der Waals surface area contributed by atoms with Crippen molar-refractivity contribution in [2.45, 2.75) is 71.8 Å². The molecule has 4 heteroatoms. The summed E-state index contributed by atoms with van der Waals surface area (Å²) in [5.74, 6) is 0.381. The third kappa shape index (κ3) is 4.42. The van der Waals surface area contributed by atoms with Gasteiger partial charge < -0.3 is 9.38 Å². The minimum absolute atomic E-state index is 0. The minimum atomic E-state index is 0. The summed E-state index contributed by atoms with van der Waals surface area (Å²) in [6, 6.07) is 6.54. The molecule has 1 atom stereocenters. The molecule has 0 saturated carbocycles. The number of carbonyl (C=O) groups is 1. The van der Waals surface area contributed by atoms with Gasteiger partial charge in [0, 0.05) is 51.4 Å². The first-order chi connectivity index (χ1) is 12.1. The van der Waals surface area contributed by atoms with Gasteiger partial charge in [0.25, 0.3) is 5.91 Å². The number of hydrogen-bond donors (Lipinski definition) is 0. The summed E-state index contributed by atoms with van der Waals surface area (Å²) in [4.78, 5) is 15.7. The zero-order chi connectivity index (χ0) is 17.9. The van der Waals surface area contributed by atoms with Crippen LogP contribution >= 0.6 is 0 Å². The van der Waals surface area contributed by atoms with Gasteiger partial charge in [-0.05, 0) is 64.0 Å². The van der Waals surface area contributed by atoms with E-state index in [0.717, 1.165) is 30.4 Å². The van der Waals surface area contributed by atoms with Crippen LogP contribution in [0.1, 0.15) is 63.0 Å². The van der Waals surface area contributed by atoms with Gasteiger partial charge in [-0.2, -0.15) is 0 Å². The molecular formula is C22H35N2OY+. The Kier molecular flexibility index (Phi) is 8.31. The van der Waals surface area contributed by atoms with E-state index in [1.165, 1.54) is 62.0 Å². The first-order valence-electron chi connectivity index (χ1n) is 10.3. The number of amides is 1. The smallest absolute Gasteiger partial charge is 0.285 e. The Morgan fingerprint density at radius 2 is 1.58 bits per heavy atom. The van der Waals surface area contributed by atoms with Crippen molar-refractivity contribution in [2.75, 3.05) is 31.1 Å². The average Bonchev–Trinajstić information content (AvgIpc) is 2.57. The van der Waals surface area contributed by atoms with Crippen molar-refractivity contribution in [1.29, 1.82) is 0 Å². The molecule has 0 aromatic heterocycles. The number of piperidine rings is 1. The van der Waals surface area contributed by atoms with Gasteiger partial charge in [-0.1, -0.05) is 24.6 Å². The second-order valence-electron chi connectivity index (χ2n) is 8.14. The zero-order valence-electron chi connectivity index (χ0n) is 17.0. The third-order valence-corrected chi connectivity index (χ3v) is 6.62. The molecule has 0 spiro atoms. The van der Waals surface area contributed by atoms with Crippen LogP contribution in [-0.4, -0.2) is 42.6 Å². The number of anilines is 1. The van der Waals surface area contributed by atoms with E-state index < -0.39 is 0 Å². The van der Waals surface area contributed by atoms with Crippen molar-refractivity contribution >= 4 is 11.6 Å².